The van der Waals surface area contributed by atoms with Crippen LogP contribution in [0.1, 0.15) is 36.6 Å². The number of nitrogens with one attached hydrogen (secondary N) is 1. The molecule has 1 amide bonds. The van der Waals surface area contributed by atoms with Gasteiger partial charge >= 0.3 is 0 Å². The van der Waals surface area contributed by atoms with Gasteiger partial charge in [0.1, 0.15) is 12.0 Å². The molecular formula is C18H20FN5O. The van der Waals surface area contributed by atoms with Crippen molar-refractivity contribution in [2.75, 3.05) is 11.9 Å². The number of hydrogen-bond acceptors (Lipinski definition) is 5. The minimum absolute atomic E-state index is 0.0952. The van der Waals surface area contributed by atoms with Gasteiger partial charge < -0.3 is 11.1 Å². The molecule has 2 heterocycles. The average Bonchev–Trinajstić information content (AvgIpc) is 3.40. The predicted octanol–water partition coefficient (Wildman–Crippen LogP) is 1.94. The van der Waals surface area contributed by atoms with Crippen LogP contribution in [0.2, 0.25) is 0 Å². The van der Waals surface area contributed by atoms with Crippen molar-refractivity contribution in [3.8, 4) is 0 Å². The average molecular weight is 341 g/mol. The number of pyridine rings is 1. The molecule has 0 bridgehead atoms. The third-order valence-electron chi connectivity index (χ3n) is 5.26. The van der Waals surface area contributed by atoms with Gasteiger partial charge in [0.2, 0.25) is 5.91 Å². The maximum absolute atomic E-state index is 13.6. The van der Waals surface area contributed by atoms with Gasteiger partial charge in [-0.25, -0.2) is 4.39 Å². The zero-order valence-corrected chi connectivity index (χ0v) is 13.7. The van der Waals surface area contributed by atoms with E-state index in [0.717, 1.165) is 17.8 Å². The molecule has 130 valence electrons. The number of carbonyl (C=O) groups excluding carboxylic acids is 1. The van der Waals surface area contributed by atoms with E-state index >= 15 is 0 Å². The Labute approximate surface area is 145 Å². The van der Waals surface area contributed by atoms with Crippen molar-refractivity contribution in [2.45, 2.75) is 36.8 Å². The summed E-state index contributed by atoms with van der Waals surface area (Å²) in [7, 11) is 0. The second kappa shape index (κ2) is 6.06. The van der Waals surface area contributed by atoms with Crippen LogP contribution < -0.4 is 11.1 Å². The number of halogens is 1. The normalized spacial score (nSPS) is 30.4. The Balaban J connectivity index is 1.41. The second-order valence-corrected chi connectivity index (χ2v) is 7.05. The van der Waals surface area contributed by atoms with Crippen LogP contribution >= 0.6 is 0 Å². The van der Waals surface area contributed by atoms with Gasteiger partial charge in [0.15, 0.2) is 0 Å². The summed E-state index contributed by atoms with van der Waals surface area (Å²) in [5.41, 5.74) is 6.70. The fourth-order valence-corrected chi connectivity index (χ4v) is 3.64. The number of hydrogen-bond donors (Lipinski definition) is 2. The van der Waals surface area contributed by atoms with Crippen molar-refractivity contribution in [1.82, 2.24) is 15.2 Å². The van der Waals surface area contributed by atoms with Crippen molar-refractivity contribution in [3.63, 3.8) is 0 Å². The summed E-state index contributed by atoms with van der Waals surface area (Å²) in [6.45, 7) is 0.561. The third-order valence-corrected chi connectivity index (χ3v) is 5.26. The summed E-state index contributed by atoms with van der Waals surface area (Å²) in [4.78, 5) is 15.6. The van der Waals surface area contributed by atoms with Gasteiger partial charge in [-0.1, -0.05) is 6.07 Å². The number of carbonyl (C=O) groups is 1. The predicted molar refractivity (Wildman–Crippen MR) is 90.6 cm³/mol. The first kappa shape index (κ1) is 15.9. The van der Waals surface area contributed by atoms with Crippen molar-refractivity contribution >= 4 is 11.7 Å². The largest absolute Gasteiger partial charge is 0.369 e. The minimum atomic E-state index is -0.780. The van der Waals surface area contributed by atoms with Crippen LogP contribution in [-0.4, -0.2) is 33.8 Å². The van der Waals surface area contributed by atoms with E-state index < -0.39 is 6.17 Å². The standard InChI is InChI=1S/C18H20FN5O/c19-11-8-18(9-11,15-3-1-2-6-21-15)10-22-16-5-4-14(23-24-16)12-7-13(12)17(20)25/h1-6,11-13H,7-10H2,(H2,20,25)(H,22,24)/t11?,12-,13+,18?/m0/s1. The number of nitrogens with zero attached hydrogens (tertiary/aromatic N) is 3. The Morgan fingerprint density at radius 3 is 2.68 bits per heavy atom. The molecule has 0 unspecified atom stereocenters. The van der Waals surface area contributed by atoms with E-state index in [0.29, 0.717) is 25.2 Å². The lowest BCUT2D eigenvalue weighted by molar-refractivity contribution is -0.119. The maximum Gasteiger partial charge on any atom is 0.221 e. The molecule has 2 aromatic heterocycles. The summed E-state index contributed by atoms with van der Waals surface area (Å²) >= 11 is 0. The fourth-order valence-electron chi connectivity index (χ4n) is 3.64. The third kappa shape index (κ3) is 3.06. The van der Waals surface area contributed by atoms with E-state index in [4.69, 9.17) is 5.73 Å². The van der Waals surface area contributed by atoms with E-state index in [-0.39, 0.29) is 23.2 Å². The Morgan fingerprint density at radius 1 is 1.28 bits per heavy atom. The molecule has 2 fully saturated rings. The van der Waals surface area contributed by atoms with Crippen molar-refractivity contribution in [2.24, 2.45) is 11.7 Å². The second-order valence-electron chi connectivity index (χ2n) is 7.05. The lowest BCUT2D eigenvalue weighted by Gasteiger charge is -2.43. The summed E-state index contributed by atoms with van der Waals surface area (Å²) in [5, 5.41) is 11.6. The Kier molecular flexibility index (Phi) is 3.86. The van der Waals surface area contributed by atoms with Crippen molar-refractivity contribution in [1.29, 1.82) is 0 Å². The molecule has 25 heavy (non-hydrogen) atoms. The summed E-state index contributed by atoms with van der Waals surface area (Å²) < 4.78 is 13.6. The Hall–Kier alpha value is -2.57. The number of rotatable bonds is 6. The first-order valence-corrected chi connectivity index (χ1v) is 8.50. The molecular weight excluding hydrogens is 321 g/mol. The first-order valence-electron chi connectivity index (χ1n) is 8.50. The SMILES string of the molecule is NC(=O)[C@@H]1C[C@@H]1c1ccc(NCC2(c3ccccn3)CC(F)C2)nn1. The fraction of sp³-hybridized carbons (Fsp3) is 0.444. The van der Waals surface area contributed by atoms with Crippen LogP contribution in [-0.2, 0) is 10.2 Å². The van der Waals surface area contributed by atoms with Gasteiger partial charge in [-0.3, -0.25) is 9.78 Å². The number of alkyl halides is 1. The van der Waals surface area contributed by atoms with Gasteiger partial charge in [0, 0.05) is 35.7 Å². The molecule has 2 atom stereocenters. The molecule has 7 heteroatoms. The van der Waals surface area contributed by atoms with Crippen molar-refractivity contribution in [3.05, 3.63) is 47.9 Å². The van der Waals surface area contributed by atoms with Gasteiger partial charge in [-0.15, -0.1) is 5.10 Å². The maximum atomic E-state index is 13.6. The number of nitrogens with two attached hydrogens (primary N) is 1. The van der Waals surface area contributed by atoms with Crippen LogP contribution in [0.15, 0.2) is 36.5 Å². The molecule has 0 spiro atoms. The number of anilines is 1. The summed E-state index contributed by atoms with van der Waals surface area (Å²) in [6, 6.07) is 9.44. The zero-order valence-electron chi connectivity index (χ0n) is 13.7. The quantitative estimate of drug-likeness (QED) is 0.837. The van der Waals surface area contributed by atoms with Gasteiger partial charge in [0.05, 0.1) is 5.69 Å². The Bertz CT molecular complexity index is 761. The number of amides is 1. The molecule has 2 aliphatic rings. The molecule has 0 saturated heterocycles. The first-order chi connectivity index (χ1) is 12.1. The molecule has 3 N–H and O–H groups in total. The molecule has 0 aliphatic heterocycles. The lowest BCUT2D eigenvalue weighted by atomic mass is 9.65. The number of aromatic nitrogens is 3. The highest BCUT2D eigenvalue weighted by Gasteiger charge is 2.47. The van der Waals surface area contributed by atoms with Gasteiger partial charge in [-0.2, -0.15) is 5.10 Å². The summed E-state index contributed by atoms with van der Waals surface area (Å²) in [6.07, 6.45) is 2.63. The van der Waals surface area contributed by atoms with Crippen molar-refractivity contribution < 1.29 is 9.18 Å². The van der Waals surface area contributed by atoms with E-state index in [1.807, 2.05) is 30.3 Å². The number of primary amides is 1. The van der Waals surface area contributed by atoms with Crippen LogP contribution in [0.5, 0.6) is 0 Å². The smallest absolute Gasteiger partial charge is 0.221 e. The monoisotopic (exact) mass is 341 g/mol. The zero-order chi connectivity index (χ0) is 17.4. The minimum Gasteiger partial charge on any atom is -0.369 e. The highest BCUT2D eigenvalue weighted by Crippen LogP contribution is 2.46. The molecule has 6 nitrogen and oxygen atoms in total. The van der Waals surface area contributed by atoms with Crippen LogP contribution in [0.4, 0.5) is 10.2 Å². The topological polar surface area (TPSA) is 93.8 Å². The van der Waals surface area contributed by atoms with Gasteiger partial charge in [0.25, 0.3) is 0 Å². The Morgan fingerprint density at radius 2 is 2.12 bits per heavy atom. The van der Waals surface area contributed by atoms with E-state index in [1.54, 1.807) is 6.20 Å². The van der Waals surface area contributed by atoms with Crippen LogP contribution in [0.3, 0.4) is 0 Å². The highest BCUT2D eigenvalue weighted by atomic mass is 19.1. The van der Waals surface area contributed by atoms with Crippen LogP contribution in [0, 0.1) is 5.92 Å². The molecule has 4 rings (SSSR count). The van der Waals surface area contributed by atoms with Gasteiger partial charge in [-0.05, 0) is 43.5 Å². The molecule has 0 aromatic carbocycles. The van der Waals surface area contributed by atoms with E-state index in [1.165, 1.54) is 0 Å². The molecule has 2 saturated carbocycles. The van der Waals surface area contributed by atoms with Crippen LogP contribution in [0.25, 0.3) is 0 Å². The molecule has 0 radical (unpaired) electrons. The summed E-state index contributed by atoms with van der Waals surface area (Å²) in [5.74, 6) is 0.338. The highest BCUT2D eigenvalue weighted by molar-refractivity contribution is 5.80. The lowest BCUT2D eigenvalue weighted by Crippen LogP contribution is -2.48. The van der Waals surface area contributed by atoms with E-state index in [9.17, 15) is 9.18 Å². The molecule has 2 aromatic rings. The molecule has 2 aliphatic carbocycles. The van der Waals surface area contributed by atoms with E-state index in [2.05, 4.69) is 20.5 Å².